The van der Waals surface area contributed by atoms with Crippen LogP contribution in [0.4, 0.5) is 18.9 Å². The van der Waals surface area contributed by atoms with Gasteiger partial charge in [0.15, 0.2) is 0 Å². The second-order valence-corrected chi connectivity index (χ2v) is 6.06. The zero-order chi connectivity index (χ0) is 14.8. The van der Waals surface area contributed by atoms with E-state index >= 15 is 0 Å². The number of rotatable bonds is 3. The van der Waals surface area contributed by atoms with E-state index in [-0.39, 0.29) is 4.47 Å². The van der Waals surface area contributed by atoms with Gasteiger partial charge in [-0.05, 0) is 44.6 Å². The van der Waals surface area contributed by atoms with Crippen molar-refractivity contribution in [2.24, 2.45) is 0 Å². The number of alkyl halides is 3. The summed E-state index contributed by atoms with van der Waals surface area (Å²) in [6, 6.07) is 4.66. The first-order valence-electron chi connectivity index (χ1n) is 6.69. The van der Waals surface area contributed by atoms with Gasteiger partial charge in [-0.2, -0.15) is 13.2 Å². The number of nitrogens with zero attached hydrogens (tertiary/aromatic N) is 1. The second-order valence-electron chi connectivity index (χ2n) is 5.20. The monoisotopic (exact) mass is 350 g/mol. The fraction of sp³-hybridized carbons (Fsp3) is 0.571. The molecular formula is C14H18BrF3N2. The predicted octanol–water partition coefficient (Wildman–Crippen LogP) is 4.36. The highest BCUT2D eigenvalue weighted by Gasteiger charge is 2.33. The molecule has 1 aromatic carbocycles. The molecule has 1 fully saturated rings. The van der Waals surface area contributed by atoms with Gasteiger partial charge in [0.1, 0.15) is 0 Å². The molecule has 1 heterocycles. The average molecular weight is 351 g/mol. The topological polar surface area (TPSA) is 15.3 Å². The molecule has 1 saturated heterocycles. The van der Waals surface area contributed by atoms with Crippen LogP contribution in [-0.2, 0) is 6.18 Å². The Bertz CT molecular complexity index is 462. The number of hydrogen-bond donors (Lipinski definition) is 1. The molecule has 2 nitrogen and oxygen atoms in total. The third-order valence-corrected chi connectivity index (χ3v) is 4.43. The Hall–Kier alpha value is -0.750. The molecule has 20 heavy (non-hydrogen) atoms. The zero-order valence-corrected chi connectivity index (χ0v) is 12.9. The Morgan fingerprint density at radius 1 is 1.35 bits per heavy atom. The number of anilines is 1. The van der Waals surface area contributed by atoms with Gasteiger partial charge < -0.3 is 10.2 Å². The molecule has 0 radical (unpaired) electrons. The van der Waals surface area contributed by atoms with Gasteiger partial charge >= 0.3 is 6.18 Å². The minimum atomic E-state index is -4.34. The number of likely N-dealkylation sites (tertiary alicyclic amines) is 1. The van der Waals surface area contributed by atoms with Crippen molar-refractivity contribution in [3.8, 4) is 0 Å². The SMILES string of the molecule is CN1CCCCC1CNc1ccc(Br)c(C(F)(F)F)c1. The minimum Gasteiger partial charge on any atom is -0.383 e. The molecule has 0 aromatic heterocycles. The van der Waals surface area contributed by atoms with E-state index in [0.717, 1.165) is 19.0 Å². The van der Waals surface area contributed by atoms with Crippen LogP contribution in [0.3, 0.4) is 0 Å². The molecule has 1 unspecified atom stereocenters. The van der Waals surface area contributed by atoms with Crippen molar-refractivity contribution in [2.75, 3.05) is 25.5 Å². The summed E-state index contributed by atoms with van der Waals surface area (Å²) in [6.07, 6.45) is -0.862. The van der Waals surface area contributed by atoms with Gasteiger partial charge in [0.05, 0.1) is 5.56 Å². The van der Waals surface area contributed by atoms with Gasteiger partial charge in [0, 0.05) is 22.7 Å². The van der Waals surface area contributed by atoms with Crippen LogP contribution in [0, 0.1) is 0 Å². The molecule has 1 N–H and O–H groups in total. The number of likely N-dealkylation sites (N-methyl/N-ethyl adjacent to an activating group) is 1. The van der Waals surface area contributed by atoms with E-state index in [0.29, 0.717) is 18.3 Å². The molecule has 0 bridgehead atoms. The van der Waals surface area contributed by atoms with E-state index in [1.54, 1.807) is 6.07 Å². The Morgan fingerprint density at radius 3 is 2.75 bits per heavy atom. The fourth-order valence-electron chi connectivity index (χ4n) is 2.49. The van der Waals surface area contributed by atoms with E-state index in [1.165, 1.54) is 18.9 Å². The molecule has 6 heteroatoms. The van der Waals surface area contributed by atoms with Crippen LogP contribution in [0.5, 0.6) is 0 Å². The van der Waals surface area contributed by atoms with Gasteiger partial charge in [0.25, 0.3) is 0 Å². The first-order chi connectivity index (χ1) is 9.38. The Labute approximate surface area is 125 Å². The lowest BCUT2D eigenvalue weighted by Crippen LogP contribution is -2.40. The Balaban J connectivity index is 2.03. The van der Waals surface area contributed by atoms with Crippen molar-refractivity contribution in [3.05, 3.63) is 28.2 Å². The van der Waals surface area contributed by atoms with Crippen molar-refractivity contribution in [3.63, 3.8) is 0 Å². The summed E-state index contributed by atoms with van der Waals surface area (Å²) >= 11 is 2.95. The summed E-state index contributed by atoms with van der Waals surface area (Å²) in [7, 11) is 2.06. The van der Waals surface area contributed by atoms with Gasteiger partial charge in [-0.15, -0.1) is 0 Å². The highest BCUT2D eigenvalue weighted by molar-refractivity contribution is 9.10. The molecular weight excluding hydrogens is 333 g/mol. The largest absolute Gasteiger partial charge is 0.417 e. The maximum absolute atomic E-state index is 12.8. The van der Waals surface area contributed by atoms with Gasteiger partial charge in [-0.25, -0.2) is 0 Å². The Kier molecular flexibility index (Phi) is 4.96. The molecule has 0 spiro atoms. The van der Waals surface area contributed by atoms with Crippen LogP contribution in [0.1, 0.15) is 24.8 Å². The lowest BCUT2D eigenvalue weighted by atomic mass is 10.0. The third kappa shape index (κ3) is 3.88. The Morgan fingerprint density at radius 2 is 2.10 bits per heavy atom. The van der Waals surface area contributed by atoms with Crippen LogP contribution in [-0.4, -0.2) is 31.1 Å². The molecule has 1 aromatic rings. The predicted molar refractivity (Wildman–Crippen MR) is 77.9 cm³/mol. The van der Waals surface area contributed by atoms with Crippen LogP contribution < -0.4 is 5.32 Å². The van der Waals surface area contributed by atoms with E-state index in [9.17, 15) is 13.2 Å². The maximum Gasteiger partial charge on any atom is 0.417 e. The van der Waals surface area contributed by atoms with E-state index in [1.807, 2.05) is 0 Å². The molecule has 112 valence electrons. The molecule has 1 atom stereocenters. The highest BCUT2D eigenvalue weighted by atomic mass is 79.9. The third-order valence-electron chi connectivity index (χ3n) is 3.74. The van der Waals surface area contributed by atoms with Crippen molar-refractivity contribution in [1.29, 1.82) is 0 Å². The molecule has 1 aliphatic rings. The fourth-order valence-corrected chi connectivity index (χ4v) is 2.96. The first-order valence-corrected chi connectivity index (χ1v) is 7.48. The zero-order valence-electron chi connectivity index (χ0n) is 11.3. The van der Waals surface area contributed by atoms with Gasteiger partial charge in [-0.3, -0.25) is 0 Å². The minimum absolute atomic E-state index is 0.0744. The summed E-state index contributed by atoms with van der Waals surface area (Å²) in [4.78, 5) is 2.26. The summed E-state index contributed by atoms with van der Waals surface area (Å²) in [5, 5.41) is 3.12. The number of benzene rings is 1. The van der Waals surface area contributed by atoms with Crippen LogP contribution in [0.25, 0.3) is 0 Å². The standard InChI is InChI=1S/C14H18BrF3N2/c1-20-7-3-2-4-11(20)9-19-10-5-6-13(15)12(8-10)14(16,17)18/h5-6,8,11,19H,2-4,7,9H2,1H3. The van der Waals surface area contributed by atoms with Crippen molar-refractivity contribution in [2.45, 2.75) is 31.5 Å². The van der Waals surface area contributed by atoms with E-state index in [4.69, 9.17) is 0 Å². The van der Waals surface area contributed by atoms with Crippen molar-refractivity contribution >= 4 is 21.6 Å². The van der Waals surface area contributed by atoms with Crippen LogP contribution in [0.2, 0.25) is 0 Å². The molecule has 0 saturated carbocycles. The number of nitrogens with one attached hydrogen (secondary N) is 1. The number of piperidine rings is 1. The van der Waals surface area contributed by atoms with Crippen molar-refractivity contribution in [1.82, 2.24) is 4.90 Å². The lowest BCUT2D eigenvalue weighted by molar-refractivity contribution is -0.138. The first kappa shape index (κ1) is 15.6. The number of halogens is 4. The maximum atomic E-state index is 12.8. The normalized spacial score (nSPS) is 20.9. The summed E-state index contributed by atoms with van der Waals surface area (Å²) in [6.45, 7) is 1.73. The molecule has 1 aliphatic heterocycles. The summed E-state index contributed by atoms with van der Waals surface area (Å²) < 4.78 is 38.5. The average Bonchev–Trinajstić information content (AvgIpc) is 2.38. The van der Waals surface area contributed by atoms with E-state index < -0.39 is 11.7 Å². The van der Waals surface area contributed by atoms with Crippen LogP contribution in [0.15, 0.2) is 22.7 Å². The highest BCUT2D eigenvalue weighted by Crippen LogP contribution is 2.36. The molecule has 0 aliphatic carbocycles. The molecule has 2 rings (SSSR count). The van der Waals surface area contributed by atoms with Gasteiger partial charge in [0.2, 0.25) is 0 Å². The quantitative estimate of drug-likeness (QED) is 0.870. The second kappa shape index (κ2) is 6.35. The van der Waals surface area contributed by atoms with Gasteiger partial charge in [-0.1, -0.05) is 22.4 Å². The molecule has 0 amide bonds. The van der Waals surface area contributed by atoms with Crippen LogP contribution >= 0.6 is 15.9 Å². The smallest absolute Gasteiger partial charge is 0.383 e. The van der Waals surface area contributed by atoms with E-state index in [2.05, 4.69) is 33.2 Å². The summed E-state index contributed by atoms with van der Waals surface area (Å²) in [5.41, 5.74) is -0.126. The van der Waals surface area contributed by atoms with Crippen molar-refractivity contribution < 1.29 is 13.2 Å². The summed E-state index contributed by atoms with van der Waals surface area (Å²) in [5.74, 6) is 0. The number of hydrogen-bond acceptors (Lipinski definition) is 2. The lowest BCUT2D eigenvalue weighted by Gasteiger charge is -2.32.